The quantitative estimate of drug-likeness (QED) is 0.646. The number of nitrogens with zero attached hydrogens (tertiary/aromatic N) is 2. The van der Waals surface area contributed by atoms with E-state index < -0.39 is 0 Å². The SMILES string of the molecule is CC(C)c1ccnc2nocc12. The average molecular weight is 162 g/mol. The minimum atomic E-state index is 0.481. The van der Waals surface area contributed by atoms with Gasteiger partial charge in [0.25, 0.3) is 0 Å². The molecule has 0 unspecified atom stereocenters. The molecule has 0 saturated carbocycles. The van der Waals surface area contributed by atoms with E-state index in [4.69, 9.17) is 4.52 Å². The van der Waals surface area contributed by atoms with Crippen molar-refractivity contribution >= 4 is 11.0 Å². The first kappa shape index (κ1) is 7.28. The molecule has 0 fully saturated rings. The van der Waals surface area contributed by atoms with Gasteiger partial charge in [-0.25, -0.2) is 4.98 Å². The van der Waals surface area contributed by atoms with Crippen molar-refractivity contribution in [3.63, 3.8) is 0 Å². The first-order valence-electron chi connectivity index (χ1n) is 3.98. The predicted octanol–water partition coefficient (Wildman–Crippen LogP) is 2.35. The smallest absolute Gasteiger partial charge is 0.202 e. The van der Waals surface area contributed by atoms with E-state index in [2.05, 4.69) is 24.0 Å². The van der Waals surface area contributed by atoms with Crippen LogP contribution in [0.15, 0.2) is 23.0 Å². The van der Waals surface area contributed by atoms with E-state index in [1.165, 1.54) is 5.56 Å². The van der Waals surface area contributed by atoms with Crippen LogP contribution < -0.4 is 0 Å². The summed E-state index contributed by atoms with van der Waals surface area (Å²) in [7, 11) is 0. The topological polar surface area (TPSA) is 38.9 Å². The fourth-order valence-corrected chi connectivity index (χ4v) is 1.30. The van der Waals surface area contributed by atoms with Crippen LogP contribution in [0.1, 0.15) is 25.3 Å². The Morgan fingerprint density at radius 2 is 2.25 bits per heavy atom. The molecule has 2 aromatic heterocycles. The van der Waals surface area contributed by atoms with Gasteiger partial charge in [0.05, 0.1) is 5.39 Å². The van der Waals surface area contributed by atoms with E-state index in [0.717, 1.165) is 5.39 Å². The van der Waals surface area contributed by atoms with Crippen molar-refractivity contribution in [2.75, 3.05) is 0 Å². The molecule has 0 aromatic carbocycles. The Bertz CT molecular complexity index is 392. The maximum Gasteiger partial charge on any atom is 0.202 e. The summed E-state index contributed by atoms with van der Waals surface area (Å²) in [4.78, 5) is 4.08. The Labute approximate surface area is 70.4 Å². The normalized spacial score (nSPS) is 11.2. The summed E-state index contributed by atoms with van der Waals surface area (Å²) in [6.45, 7) is 4.28. The Balaban J connectivity index is 2.73. The summed E-state index contributed by atoms with van der Waals surface area (Å²) in [6.07, 6.45) is 3.41. The van der Waals surface area contributed by atoms with Crippen LogP contribution >= 0.6 is 0 Å². The molecule has 0 N–H and O–H groups in total. The van der Waals surface area contributed by atoms with Crippen LogP contribution in [0.3, 0.4) is 0 Å². The fraction of sp³-hybridized carbons (Fsp3) is 0.333. The third-order valence-electron chi connectivity index (χ3n) is 1.93. The molecule has 0 aliphatic rings. The second kappa shape index (κ2) is 2.59. The molecule has 0 radical (unpaired) electrons. The number of rotatable bonds is 1. The number of hydrogen-bond donors (Lipinski definition) is 0. The molecule has 2 heterocycles. The van der Waals surface area contributed by atoms with Crippen LogP contribution in [0.5, 0.6) is 0 Å². The van der Waals surface area contributed by atoms with Crippen LogP contribution in [-0.2, 0) is 0 Å². The van der Waals surface area contributed by atoms with Gasteiger partial charge in [0, 0.05) is 6.20 Å². The first-order chi connectivity index (χ1) is 5.79. The van der Waals surface area contributed by atoms with Crippen LogP contribution in [0.2, 0.25) is 0 Å². The lowest BCUT2D eigenvalue weighted by molar-refractivity contribution is 0.426. The second-order valence-corrected chi connectivity index (χ2v) is 3.11. The maximum absolute atomic E-state index is 4.84. The average Bonchev–Trinajstić information content (AvgIpc) is 2.49. The van der Waals surface area contributed by atoms with Gasteiger partial charge < -0.3 is 4.52 Å². The lowest BCUT2D eigenvalue weighted by Gasteiger charge is -2.03. The number of pyridine rings is 1. The van der Waals surface area contributed by atoms with E-state index >= 15 is 0 Å². The van der Waals surface area contributed by atoms with Gasteiger partial charge in [-0.05, 0) is 17.5 Å². The molecule has 0 atom stereocenters. The lowest BCUT2D eigenvalue weighted by Crippen LogP contribution is -1.88. The van der Waals surface area contributed by atoms with Crippen molar-refractivity contribution < 1.29 is 4.52 Å². The van der Waals surface area contributed by atoms with Gasteiger partial charge in [0.2, 0.25) is 5.65 Å². The molecule has 0 aliphatic carbocycles. The van der Waals surface area contributed by atoms with Crippen LogP contribution in [0, 0.1) is 0 Å². The minimum absolute atomic E-state index is 0.481. The highest BCUT2D eigenvalue weighted by Gasteiger charge is 2.07. The van der Waals surface area contributed by atoms with Gasteiger partial charge in [-0.15, -0.1) is 0 Å². The zero-order valence-corrected chi connectivity index (χ0v) is 7.11. The van der Waals surface area contributed by atoms with Crippen molar-refractivity contribution in [1.29, 1.82) is 0 Å². The molecule has 0 saturated heterocycles. The molecule has 0 spiro atoms. The van der Waals surface area contributed by atoms with Crippen molar-refractivity contribution in [1.82, 2.24) is 10.1 Å². The number of aromatic nitrogens is 2. The summed E-state index contributed by atoms with van der Waals surface area (Å²) in [6, 6.07) is 2.00. The van der Waals surface area contributed by atoms with E-state index in [9.17, 15) is 0 Å². The molecule has 3 nitrogen and oxygen atoms in total. The van der Waals surface area contributed by atoms with Crippen molar-refractivity contribution in [3.05, 3.63) is 24.1 Å². The zero-order chi connectivity index (χ0) is 8.55. The third kappa shape index (κ3) is 0.978. The highest BCUT2D eigenvalue weighted by Crippen LogP contribution is 2.22. The molecule has 3 heteroatoms. The first-order valence-corrected chi connectivity index (χ1v) is 3.98. The number of fused-ring (bicyclic) bond motifs is 1. The standard InChI is InChI=1S/C9H10N2O/c1-6(2)7-3-4-10-9-8(7)5-12-11-9/h3-6H,1-2H3. The van der Waals surface area contributed by atoms with Crippen molar-refractivity contribution in [2.45, 2.75) is 19.8 Å². The van der Waals surface area contributed by atoms with E-state index in [0.29, 0.717) is 11.6 Å². The van der Waals surface area contributed by atoms with Gasteiger partial charge in [-0.3, -0.25) is 0 Å². The highest BCUT2D eigenvalue weighted by molar-refractivity contribution is 5.77. The fourth-order valence-electron chi connectivity index (χ4n) is 1.30. The van der Waals surface area contributed by atoms with E-state index in [-0.39, 0.29) is 0 Å². The largest absolute Gasteiger partial charge is 0.362 e. The summed E-state index contributed by atoms with van der Waals surface area (Å²) < 4.78 is 4.84. The van der Waals surface area contributed by atoms with Crippen LogP contribution in [0.25, 0.3) is 11.0 Å². The Kier molecular flexibility index (Phi) is 1.57. The summed E-state index contributed by atoms with van der Waals surface area (Å²) in [5.41, 5.74) is 1.93. The molecule has 12 heavy (non-hydrogen) atoms. The Morgan fingerprint density at radius 1 is 1.42 bits per heavy atom. The van der Waals surface area contributed by atoms with E-state index in [1.807, 2.05) is 6.07 Å². The summed E-state index contributed by atoms with van der Waals surface area (Å²) in [5, 5.41) is 4.80. The van der Waals surface area contributed by atoms with Crippen LogP contribution in [-0.4, -0.2) is 10.1 Å². The highest BCUT2D eigenvalue weighted by atomic mass is 16.5. The Morgan fingerprint density at radius 3 is 3.00 bits per heavy atom. The molecule has 0 aliphatic heterocycles. The monoisotopic (exact) mass is 162 g/mol. The van der Waals surface area contributed by atoms with Gasteiger partial charge in [0.15, 0.2) is 0 Å². The van der Waals surface area contributed by atoms with E-state index in [1.54, 1.807) is 12.5 Å². The molecular weight excluding hydrogens is 152 g/mol. The summed E-state index contributed by atoms with van der Waals surface area (Å²) in [5.74, 6) is 0.481. The molecule has 2 rings (SSSR count). The van der Waals surface area contributed by atoms with Gasteiger partial charge in [-0.2, -0.15) is 0 Å². The molecule has 2 aromatic rings. The molecular formula is C9H10N2O. The predicted molar refractivity (Wildman–Crippen MR) is 45.9 cm³/mol. The van der Waals surface area contributed by atoms with Gasteiger partial charge >= 0.3 is 0 Å². The lowest BCUT2D eigenvalue weighted by atomic mass is 10.0. The Hall–Kier alpha value is -1.38. The molecule has 62 valence electrons. The van der Waals surface area contributed by atoms with Gasteiger partial charge in [0.1, 0.15) is 6.26 Å². The van der Waals surface area contributed by atoms with Crippen molar-refractivity contribution in [3.8, 4) is 0 Å². The molecule has 0 bridgehead atoms. The summed E-state index contributed by atoms with van der Waals surface area (Å²) >= 11 is 0. The second-order valence-electron chi connectivity index (χ2n) is 3.11. The van der Waals surface area contributed by atoms with Crippen molar-refractivity contribution in [2.24, 2.45) is 0 Å². The number of hydrogen-bond acceptors (Lipinski definition) is 3. The van der Waals surface area contributed by atoms with Gasteiger partial charge in [-0.1, -0.05) is 19.0 Å². The minimum Gasteiger partial charge on any atom is -0.362 e. The molecule has 0 amide bonds. The third-order valence-corrected chi connectivity index (χ3v) is 1.93. The van der Waals surface area contributed by atoms with Crippen LogP contribution in [0.4, 0.5) is 0 Å². The zero-order valence-electron chi connectivity index (χ0n) is 7.11. The maximum atomic E-state index is 4.84.